The van der Waals surface area contributed by atoms with Crippen molar-refractivity contribution in [1.82, 2.24) is 19.9 Å². The summed E-state index contributed by atoms with van der Waals surface area (Å²) in [4.78, 5) is 25.8. The monoisotopic (exact) mass is 332 g/mol. The number of aromatic carboxylic acids is 1. The van der Waals surface area contributed by atoms with Crippen molar-refractivity contribution < 1.29 is 9.90 Å². The number of nitrogens with one attached hydrogen (secondary N) is 1. The molecular weight excluding hydrogens is 312 g/mol. The van der Waals surface area contributed by atoms with Gasteiger partial charge in [0.1, 0.15) is 0 Å². The summed E-state index contributed by atoms with van der Waals surface area (Å²) < 4.78 is 0. The summed E-state index contributed by atoms with van der Waals surface area (Å²) in [7, 11) is 0. The number of carboxylic acid groups (broad SMARTS) is 1. The maximum absolute atomic E-state index is 11.3. The highest BCUT2D eigenvalue weighted by Crippen LogP contribution is 2.23. The molecule has 0 radical (unpaired) electrons. The van der Waals surface area contributed by atoms with Crippen molar-refractivity contribution in [2.24, 2.45) is 0 Å². The number of aromatic nitrogens is 3. The molecular formula is C16H20N4O2S. The zero-order valence-electron chi connectivity index (χ0n) is 13.5. The number of nitrogens with zero attached hydrogens (tertiary/aromatic N) is 3. The van der Waals surface area contributed by atoms with Crippen LogP contribution in [0.15, 0.2) is 11.4 Å². The number of aryl methyl sites for hydroxylation is 1. The first-order valence-electron chi connectivity index (χ1n) is 7.52. The number of aromatic amines is 1. The van der Waals surface area contributed by atoms with E-state index in [4.69, 9.17) is 0 Å². The van der Waals surface area contributed by atoms with E-state index in [9.17, 15) is 9.90 Å². The molecule has 3 heterocycles. The first-order valence-corrected chi connectivity index (χ1v) is 8.74. The molecule has 0 spiro atoms. The third-order valence-electron chi connectivity index (χ3n) is 4.31. The molecule has 6 nitrogen and oxygen atoms in total. The van der Waals surface area contributed by atoms with Crippen LogP contribution in [0.3, 0.4) is 0 Å². The summed E-state index contributed by atoms with van der Waals surface area (Å²) in [5, 5.41) is 10.1. The van der Waals surface area contributed by atoms with Crippen molar-refractivity contribution in [1.29, 1.82) is 0 Å². The third-order valence-corrected chi connectivity index (χ3v) is 4.87. The second-order valence-corrected chi connectivity index (χ2v) is 6.60. The number of fused-ring (bicyclic) bond motifs is 1. The van der Waals surface area contributed by atoms with Crippen LogP contribution in [0.1, 0.15) is 38.6 Å². The predicted octanol–water partition coefficient (Wildman–Crippen LogP) is 2.40. The lowest BCUT2D eigenvalue weighted by molar-refractivity contribution is 0.0695. The van der Waals surface area contributed by atoms with Crippen LogP contribution >= 0.6 is 11.8 Å². The van der Waals surface area contributed by atoms with E-state index >= 15 is 0 Å². The van der Waals surface area contributed by atoms with Crippen molar-refractivity contribution >= 4 is 17.7 Å². The molecule has 0 atom stereocenters. The van der Waals surface area contributed by atoms with Gasteiger partial charge in [-0.25, -0.2) is 14.8 Å². The molecule has 0 aliphatic carbocycles. The lowest BCUT2D eigenvalue weighted by Crippen LogP contribution is -2.31. The Morgan fingerprint density at radius 2 is 2.26 bits per heavy atom. The Morgan fingerprint density at radius 1 is 1.48 bits per heavy atom. The fourth-order valence-corrected chi connectivity index (χ4v) is 3.47. The van der Waals surface area contributed by atoms with Gasteiger partial charge in [0.15, 0.2) is 5.16 Å². The number of hydrogen-bond acceptors (Lipinski definition) is 5. The highest BCUT2D eigenvalue weighted by Gasteiger charge is 2.22. The van der Waals surface area contributed by atoms with Gasteiger partial charge in [0, 0.05) is 49.2 Å². The molecule has 0 saturated heterocycles. The van der Waals surface area contributed by atoms with E-state index in [1.54, 1.807) is 11.8 Å². The lowest BCUT2D eigenvalue weighted by Gasteiger charge is -2.27. The van der Waals surface area contributed by atoms with Crippen LogP contribution in [0.2, 0.25) is 0 Å². The SMILES string of the molecule is CSc1ncc2c(n1)CCN(Cc1[nH]c(C)c(C(=O)O)c1C)C2. The Kier molecular flexibility index (Phi) is 4.41. The predicted molar refractivity (Wildman–Crippen MR) is 88.9 cm³/mol. The average molecular weight is 332 g/mol. The van der Waals surface area contributed by atoms with E-state index in [1.807, 2.05) is 26.3 Å². The minimum Gasteiger partial charge on any atom is -0.478 e. The smallest absolute Gasteiger partial charge is 0.337 e. The lowest BCUT2D eigenvalue weighted by atomic mass is 10.1. The fourth-order valence-electron chi connectivity index (χ4n) is 3.11. The standard InChI is InChI=1S/C16H20N4O2S/c1-9-13(18-10(2)14(9)15(21)22)8-20-5-4-12-11(7-20)6-17-16(19-12)23-3/h6,18H,4-5,7-8H2,1-3H3,(H,21,22). The fraction of sp³-hybridized carbons (Fsp3) is 0.438. The molecule has 0 amide bonds. The quantitative estimate of drug-likeness (QED) is 0.661. The van der Waals surface area contributed by atoms with Crippen LogP contribution in [0.4, 0.5) is 0 Å². The topological polar surface area (TPSA) is 82.1 Å². The van der Waals surface area contributed by atoms with Gasteiger partial charge in [-0.2, -0.15) is 0 Å². The molecule has 122 valence electrons. The van der Waals surface area contributed by atoms with E-state index in [2.05, 4.69) is 19.9 Å². The Hall–Kier alpha value is -1.86. The van der Waals surface area contributed by atoms with Gasteiger partial charge in [0.25, 0.3) is 0 Å². The first-order chi connectivity index (χ1) is 11.0. The molecule has 2 aromatic rings. The van der Waals surface area contributed by atoms with E-state index in [0.29, 0.717) is 12.1 Å². The van der Waals surface area contributed by atoms with E-state index in [-0.39, 0.29) is 0 Å². The molecule has 23 heavy (non-hydrogen) atoms. The zero-order valence-corrected chi connectivity index (χ0v) is 14.3. The molecule has 7 heteroatoms. The van der Waals surface area contributed by atoms with Crippen molar-refractivity contribution in [2.45, 2.75) is 38.5 Å². The molecule has 3 rings (SSSR count). The van der Waals surface area contributed by atoms with E-state index in [1.165, 1.54) is 0 Å². The van der Waals surface area contributed by atoms with Gasteiger partial charge in [-0.05, 0) is 25.7 Å². The highest BCUT2D eigenvalue weighted by molar-refractivity contribution is 7.98. The van der Waals surface area contributed by atoms with Crippen molar-refractivity contribution in [3.05, 3.63) is 40.0 Å². The van der Waals surface area contributed by atoms with Crippen LogP contribution in [0.5, 0.6) is 0 Å². The van der Waals surface area contributed by atoms with Gasteiger partial charge >= 0.3 is 5.97 Å². The summed E-state index contributed by atoms with van der Waals surface area (Å²) in [5.41, 5.74) is 5.21. The summed E-state index contributed by atoms with van der Waals surface area (Å²) in [6.45, 7) is 6.10. The number of carbonyl (C=O) groups is 1. The Balaban J connectivity index is 1.78. The van der Waals surface area contributed by atoms with Crippen molar-refractivity contribution in [2.75, 3.05) is 12.8 Å². The summed E-state index contributed by atoms with van der Waals surface area (Å²) in [6.07, 6.45) is 4.79. The Labute approximate surface area is 139 Å². The van der Waals surface area contributed by atoms with Gasteiger partial charge in [0.05, 0.1) is 11.3 Å². The van der Waals surface area contributed by atoms with Crippen LogP contribution < -0.4 is 0 Å². The van der Waals surface area contributed by atoms with Crippen LogP contribution in [-0.2, 0) is 19.5 Å². The van der Waals surface area contributed by atoms with Crippen molar-refractivity contribution in [3.63, 3.8) is 0 Å². The molecule has 2 aromatic heterocycles. The molecule has 1 aliphatic heterocycles. The van der Waals surface area contributed by atoms with Crippen LogP contribution in [0.25, 0.3) is 0 Å². The first kappa shape index (κ1) is 16.0. The second kappa shape index (κ2) is 6.33. The normalized spacial score (nSPS) is 14.7. The maximum Gasteiger partial charge on any atom is 0.337 e. The number of thioether (sulfide) groups is 1. The van der Waals surface area contributed by atoms with Gasteiger partial charge in [-0.1, -0.05) is 11.8 Å². The minimum absolute atomic E-state index is 0.394. The minimum atomic E-state index is -0.871. The summed E-state index contributed by atoms with van der Waals surface area (Å²) >= 11 is 1.56. The highest BCUT2D eigenvalue weighted by atomic mass is 32.2. The summed E-state index contributed by atoms with van der Waals surface area (Å²) in [6, 6.07) is 0. The molecule has 0 bridgehead atoms. The van der Waals surface area contributed by atoms with Crippen molar-refractivity contribution in [3.8, 4) is 0 Å². The second-order valence-electron chi connectivity index (χ2n) is 5.82. The molecule has 2 N–H and O–H groups in total. The third kappa shape index (κ3) is 3.11. The number of rotatable bonds is 4. The molecule has 0 fully saturated rings. The van der Waals surface area contributed by atoms with Crippen LogP contribution in [0, 0.1) is 13.8 Å². The van der Waals surface area contributed by atoms with E-state index < -0.39 is 5.97 Å². The number of carboxylic acids is 1. The molecule has 0 aromatic carbocycles. The zero-order chi connectivity index (χ0) is 16.6. The average Bonchev–Trinajstić information content (AvgIpc) is 2.80. The number of hydrogen-bond donors (Lipinski definition) is 2. The summed E-state index contributed by atoms with van der Waals surface area (Å²) in [5.74, 6) is -0.871. The molecule has 0 saturated carbocycles. The molecule has 0 unspecified atom stereocenters. The van der Waals surface area contributed by atoms with Gasteiger partial charge in [0.2, 0.25) is 0 Å². The molecule has 1 aliphatic rings. The largest absolute Gasteiger partial charge is 0.478 e. The van der Waals surface area contributed by atoms with Gasteiger partial charge < -0.3 is 10.1 Å². The van der Waals surface area contributed by atoms with E-state index in [0.717, 1.165) is 52.9 Å². The van der Waals surface area contributed by atoms with Gasteiger partial charge in [-0.3, -0.25) is 4.90 Å². The Bertz CT molecular complexity index is 757. The number of H-pyrrole nitrogens is 1. The maximum atomic E-state index is 11.3. The Morgan fingerprint density at radius 3 is 2.91 bits per heavy atom. The van der Waals surface area contributed by atoms with Crippen LogP contribution in [-0.4, -0.2) is 43.7 Å². The van der Waals surface area contributed by atoms with Gasteiger partial charge in [-0.15, -0.1) is 0 Å².